The number of hydrogen-bond acceptors (Lipinski definition) is 8. The molecule has 0 aliphatic carbocycles. The highest BCUT2D eigenvalue weighted by Crippen LogP contribution is 2.42. The molecular formula is C20H21N3O3S2. The standard InChI is InChI=1S/C20H21N3O3S2/c1-3-20(2)7-12-15(8-26-20)28-18-16(12)17(21)22-19(23-18)27-9-11-4-5-13-14(6-11)25-10-24-13/h4-6H,3,7-10H2,1-2H3,(H2,21,22,23)/t20-/m1/s1. The fraction of sp³-hybridized carbons (Fsp3) is 0.400. The van der Waals surface area contributed by atoms with Crippen molar-refractivity contribution in [2.75, 3.05) is 12.5 Å². The molecule has 0 radical (unpaired) electrons. The van der Waals surface area contributed by atoms with Gasteiger partial charge in [0.25, 0.3) is 0 Å². The molecule has 0 unspecified atom stereocenters. The summed E-state index contributed by atoms with van der Waals surface area (Å²) in [4.78, 5) is 11.5. The number of hydrogen-bond donors (Lipinski definition) is 1. The highest BCUT2D eigenvalue weighted by atomic mass is 32.2. The summed E-state index contributed by atoms with van der Waals surface area (Å²) >= 11 is 3.25. The van der Waals surface area contributed by atoms with Crippen LogP contribution in [-0.2, 0) is 23.5 Å². The molecular weight excluding hydrogens is 394 g/mol. The molecule has 0 saturated carbocycles. The number of benzene rings is 1. The Hall–Kier alpha value is -2.03. The lowest BCUT2D eigenvalue weighted by molar-refractivity contribution is -0.0542. The van der Waals surface area contributed by atoms with E-state index in [-0.39, 0.29) is 12.4 Å². The SMILES string of the molecule is CC[C@]1(C)Cc2c(sc3nc(SCc4ccc5c(c4)OCO5)nc(N)c23)CO1. The number of rotatable bonds is 4. The molecule has 0 fully saturated rings. The van der Waals surface area contributed by atoms with Crippen LogP contribution in [0.3, 0.4) is 0 Å². The van der Waals surface area contributed by atoms with Crippen LogP contribution in [0.1, 0.15) is 36.3 Å². The summed E-state index contributed by atoms with van der Waals surface area (Å²) in [6.07, 6.45) is 1.82. The Morgan fingerprint density at radius 1 is 1.25 bits per heavy atom. The zero-order valence-electron chi connectivity index (χ0n) is 15.8. The van der Waals surface area contributed by atoms with Gasteiger partial charge in [-0.25, -0.2) is 9.97 Å². The summed E-state index contributed by atoms with van der Waals surface area (Å²) in [5.74, 6) is 2.89. The van der Waals surface area contributed by atoms with Gasteiger partial charge < -0.3 is 19.9 Å². The van der Waals surface area contributed by atoms with Crippen LogP contribution >= 0.6 is 23.1 Å². The maximum absolute atomic E-state index is 6.36. The molecule has 2 N–H and O–H groups in total. The Kier molecular flexibility index (Phi) is 4.37. The molecule has 1 atom stereocenters. The molecule has 6 nitrogen and oxygen atoms in total. The third-order valence-electron chi connectivity index (χ3n) is 5.40. The summed E-state index contributed by atoms with van der Waals surface area (Å²) in [5.41, 5.74) is 8.62. The average molecular weight is 416 g/mol. The predicted octanol–water partition coefficient (Wildman–Crippen LogP) is 4.54. The van der Waals surface area contributed by atoms with E-state index in [1.807, 2.05) is 18.2 Å². The van der Waals surface area contributed by atoms with Crippen LogP contribution in [0, 0.1) is 0 Å². The van der Waals surface area contributed by atoms with Gasteiger partial charge in [-0.05, 0) is 36.6 Å². The number of ether oxygens (including phenoxy) is 3. The van der Waals surface area contributed by atoms with E-state index in [0.29, 0.717) is 17.6 Å². The lowest BCUT2D eigenvalue weighted by Crippen LogP contribution is -2.33. The third kappa shape index (κ3) is 3.09. The zero-order chi connectivity index (χ0) is 19.3. The Morgan fingerprint density at radius 3 is 2.96 bits per heavy atom. The fourth-order valence-corrected chi connectivity index (χ4v) is 5.51. The van der Waals surface area contributed by atoms with E-state index in [2.05, 4.69) is 18.8 Å². The molecule has 2 aliphatic heterocycles. The van der Waals surface area contributed by atoms with E-state index in [1.165, 1.54) is 10.4 Å². The van der Waals surface area contributed by atoms with Crippen LogP contribution in [0.2, 0.25) is 0 Å². The van der Waals surface area contributed by atoms with Crippen molar-refractivity contribution >= 4 is 39.1 Å². The maximum atomic E-state index is 6.36. The van der Waals surface area contributed by atoms with Crippen molar-refractivity contribution in [3.63, 3.8) is 0 Å². The van der Waals surface area contributed by atoms with E-state index in [1.54, 1.807) is 23.1 Å². The van der Waals surface area contributed by atoms with Gasteiger partial charge in [0.15, 0.2) is 16.7 Å². The van der Waals surface area contributed by atoms with Crippen LogP contribution in [0.5, 0.6) is 11.5 Å². The molecule has 3 aromatic rings. The second kappa shape index (κ2) is 6.79. The lowest BCUT2D eigenvalue weighted by atomic mass is 9.90. The summed E-state index contributed by atoms with van der Waals surface area (Å²) in [7, 11) is 0. The molecule has 4 heterocycles. The highest BCUT2D eigenvalue weighted by Gasteiger charge is 2.33. The van der Waals surface area contributed by atoms with Gasteiger partial charge in [0.1, 0.15) is 10.6 Å². The number of fused-ring (bicyclic) bond motifs is 4. The monoisotopic (exact) mass is 415 g/mol. The minimum atomic E-state index is -0.139. The van der Waals surface area contributed by atoms with Crippen LogP contribution < -0.4 is 15.2 Å². The van der Waals surface area contributed by atoms with Gasteiger partial charge in [0.2, 0.25) is 6.79 Å². The molecule has 146 valence electrons. The molecule has 0 bridgehead atoms. The van der Waals surface area contributed by atoms with Crippen LogP contribution in [0.15, 0.2) is 23.4 Å². The number of nitrogens with zero attached hydrogens (tertiary/aromatic N) is 2. The maximum Gasteiger partial charge on any atom is 0.231 e. The number of thioether (sulfide) groups is 1. The van der Waals surface area contributed by atoms with Crippen LogP contribution in [0.25, 0.3) is 10.2 Å². The van der Waals surface area contributed by atoms with Gasteiger partial charge in [-0.2, -0.15) is 0 Å². The van der Waals surface area contributed by atoms with E-state index in [0.717, 1.165) is 45.9 Å². The first kappa shape index (κ1) is 18.0. The molecule has 28 heavy (non-hydrogen) atoms. The molecule has 2 aliphatic rings. The number of nitrogens with two attached hydrogens (primary N) is 1. The minimum absolute atomic E-state index is 0.139. The Labute approximate surface area is 171 Å². The molecule has 0 amide bonds. The average Bonchev–Trinajstić information content (AvgIpc) is 3.29. The first-order valence-electron chi connectivity index (χ1n) is 9.28. The number of nitrogen functional groups attached to an aromatic ring is 1. The summed E-state index contributed by atoms with van der Waals surface area (Å²) in [6, 6.07) is 5.98. The molecule has 0 saturated heterocycles. The van der Waals surface area contributed by atoms with Crippen molar-refractivity contribution in [1.29, 1.82) is 0 Å². The van der Waals surface area contributed by atoms with Crippen LogP contribution in [-0.4, -0.2) is 22.4 Å². The van der Waals surface area contributed by atoms with E-state index in [9.17, 15) is 0 Å². The second-order valence-electron chi connectivity index (χ2n) is 7.32. The number of anilines is 1. The highest BCUT2D eigenvalue weighted by molar-refractivity contribution is 7.98. The largest absolute Gasteiger partial charge is 0.454 e. The van der Waals surface area contributed by atoms with Crippen LogP contribution in [0.4, 0.5) is 5.82 Å². The molecule has 5 rings (SSSR count). The number of aromatic nitrogens is 2. The van der Waals surface area contributed by atoms with Gasteiger partial charge in [0, 0.05) is 17.1 Å². The fourth-order valence-electron chi connectivity index (χ4n) is 3.55. The first-order valence-corrected chi connectivity index (χ1v) is 11.1. The van der Waals surface area contributed by atoms with Gasteiger partial charge >= 0.3 is 0 Å². The van der Waals surface area contributed by atoms with Gasteiger partial charge in [-0.1, -0.05) is 24.8 Å². The van der Waals surface area contributed by atoms with E-state index in [4.69, 9.17) is 24.9 Å². The predicted molar refractivity (Wildman–Crippen MR) is 111 cm³/mol. The normalized spacial score (nSPS) is 20.5. The Balaban J connectivity index is 1.41. The lowest BCUT2D eigenvalue weighted by Gasteiger charge is -2.33. The number of thiophene rings is 1. The molecule has 0 spiro atoms. The minimum Gasteiger partial charge on any atom is -0.454 e. The first-order chi connectivity index (χ1) is 13.5. The molecule has 1 aromatic carbocycles. The third-order valence-corrected chi connectivity index (χ3v) is 7.41. The summed E-state index contributed by atoms with van der Waals surface area (Å²) in [6.45, 7) is 5.22. The van der Waals surface area contributed by atoms with Crippen molar-refractivity contribution in [1.82, 2.24) is 9.97 Å². The molecule has 2 aromatic heterocycles. The van der Waals surface area contributed by atoms with Crippen molar-refractivity contribution in [3.8, 4) is 11.5 Å². The Morgan fingerprint density at radius 2 is 2.11 bits per heavy atom. The van der Waals surface area contributed by atoms with Crippen molar-refractivity contribution in [3.05, 3.63) is 34.2 Å². The van der Waals surface area contributed by atoms with Crippen molar-refractivity contribution in [2.24, 2.45) is 0 Å². The molecule has 8 heteroatoms. The van der Waals surface area contributed by atoms with Crippen molar-refractivity contribution in [2.45, 2.75) is 49.8 Å². The summed E-state index contributed by atoms with van der Waals surface area (Å²) < 4.78 is 16.9. The smallest absolute Gasteiger partial charge is 0.231 e. The van der Waals surface area contributed by atoms with E-state index >= 15 is 0 Å². The van der Waals surface area contributed by atoms with Gasteiger partial charge in [0.05, 0.1) is 17.6 Å². The topological polar surface area (TPSA) is 79.5 Å². The Bertz CT molecular complexity index is 1070. The zero-order valence-corrected chi connectivity index (χ0v) is 17.4. The van der Waals surface area contributed by atoms with E-state index < -0.39 is 0 Å². The van der Waals surface area contributed by atoms with Gasteiger partial charge in [-0.15, -0.1) is 11.3 Å². The van der Waals surface area contributed by atoms with Crippen molar-refractivity contribution < 1.29 is 14.2 Å². The second-order valence-corrected chi connectivity index (χ2v) is 9.35. The quantitative estimate of drug-likeness (QED) is 0.495. The summed E-state index contributed by atoms with van der Waals surface area (Å²) in [5, 5.41) is 1.70. The van der Waals surface area contributed by atoms with Gasteiger partial charge in [-0.3, -0.25) is 0 Å².